The van der Waals surface area contributed by atoms with Crippen LogP contribution < -0.4 is 0 Å². The van der Waals surface area contributed by atoms with Crippen LogP contribution in [0, 0.1) is 0 Å². The van der Waals surface area contributed by atoms with E-state index in [4.69, 9.17) is 5.11 Å². The van der Waals surface area contributed by atoms with E-state index in [1.807, 2.05) is 11.3 Å². The molecule has 2 heterocycles. The van der Waals surface area contributed by atoms with Gasteiger partial charge in [0, 0.05) is 56.3 Å². The number of β-amino-alcohol motifs (C(OH)–C–C–N with tert-alkyl or cyclic N) is 1. The number of aliphatic hydroxyl groups excluding tert-OH is 1. The van der Waals surface area contributed by atoms with Gasteiger partial charge in [0.15, 0.2) is 0 Å². The van der Waals surface area contributed by atoms with Gasteiger partial charge >= 0.3 is 0 Å². The normalized spacial score (nSPS) is 22.5. The van der Waals surface area contributed by atoms with Crippen molar-refractivity contribution in [2.45, 2.75) is 25.3 Å². The molecule has 0 bridgehead atoms. The molecule has 0 radical (unpaired) electrons. The number of hydrogen-bond acceptors (Lipinski definition) is 5. The Hall–Kier alpha value is -0.490. The van der Waals surface area contributed by atoms with E-state index in [-0.39, 0.29) is 6.61 Å². The first-order valence-corrected chi connectivity index (χ1v) is 7.67. The average Bonchev–Trinajstić information content (AvgIpc) is 3.13. The lowest BCUT2D eigenvalue weighted by molar-refractivity contribution is 0.109. The van der Waals surface area contributed by atoms with Gasteiger partial charge in [-0.2, -0.15) is 0 Å². The van der Waals surface area contributed by atoms with Gasteiger partial charge in [0.2, 0.25) is 0 Å². The highest BCUT2D eigenvalue weighted by Gasteiger charge is 2.27. The Labute approximate surface area is 112 Å². The Balaban J connectivity index is 1.47. The number of nitrogens with zero attached hydrogens (tertiary/aromatic N) is 3. The van der Waals surface area contributed by atoms with E-state index in [0.717, 1.165) is 45.2 Å². The number of thiazole rings is 1. The van der Waals surface area contributed by atoms with Crippen LogP contribution in [0.3, 0.4) is 0 Å². The van der Waals surface area contributed by atoms with Crippen LogP contribution in [-0.4, -0.2) is 59.2 Å². The molecule has 1 saturated heterocycles. The minimum atomic E-state index is 0.277. The molecule has 2 fully saturated rings. The van der Waals surface area contributed by atoms with E-state index in [2.05, 4.69) is 21.0 Å². The van der Waals surface area contributed by atoms with Gasteiger partial charge in [0.05, 0.1) is 11.6 Å². The first-order valence-electron chi connectivity index (χ1n) is 6.85. The molecule has 1 aromatic rings. The van der Waals surface area contributed by atoms with Crippen LogP contribution in [0.5, 0.6) is 0 Å². The third kappa shape index (κ3) is 3.09. The van der Waals surface area contributed by atoms with Crippen molar-refractivity contribution >= 4 is 11.3 Å². The van der Waals surface area contributed by atoms with E-state index in [1.165, 1.54) is 22.7 Å². The molecule has 100 valence electrons. The van der Waals surface area contributed by atoms with Crippen LogP contribution in [0.4, 0.5) is 0 Å². The van der Waals surface area contributed by atoms with E-state index in [0.29, 0.717) is 0 Å². The highest BCUT2D eigenvalue weighted by Crippen LogP contribution is 2.41. The Bertz CT molecular complexity index is 383. The molecule has 1 saturated carbocycles. The van der Waals surface area contributed by atoms with Crippen LogP contribution in [0.1, 0.15) is 28.6 Å². The number of aliphatic hydroxyl groups is 1. The molecule has 0 unspecified atom stereocenters. The summed E-state index contributed by atoms with van der Waals surface area (Å²) in [6.45, 7) is 6.52. The van der Waals surface area contributed by atoms with Gasteiger partial charge in [-0.05, 0) is 12.8 Å². The van der Waals surface area contributed by atoms with Crippen molar-refractivity contribution in [1.82, 2.24) is 14.8 Å². The maximum Gasteiger partial charge on any atom is 0.0959 e. The van der Waals surface area contributed by atoms with Crippen molar-refractivity contribution in [2.75, 3.05) is 39.3 Å². The fourth-order valence-corrected chi connectivity index (χ4v) is 3.58. The first kappa shape index (κ1) is 12.5. The van der Waals surface area contributed by atoms with Crippen LogP contribution >= 0.6 is 11.3 Å². The molecule has 1 aliphatic carbocycles. The second-order valence-corrected chi connectivity index (χ2v) is 6.43. The maximum absolute atomic E-state index is 8.92. The molecule has 5 heteroatoms. The molecule has 0 amide bonds. The minimum Gasteiger partial charge on any atom is -0.395 e. The molecule has 1 aliphatic heterocycles. The van der Waals surface area contributed by atoms with Gasteiger partial charge in [-0.3, -0.25) is 9.80 Å². The predicted molar refractivity (Wildman–Crippen MR) is 72.9 cm³/mol. The highest BCUT2D eigenvalue weighted by atomic mass is 32.1. The van der Waals surface area contributed by atoms with Crippen molar-refractivity contribution in [1.29, 1.82) is 0 Å². The van der Waals surface area contributed by atoms with Gasteiger partial charge in [0.25, 0.3) is 0 Å². The summed E-state index contributed by atoms with van der Waals surface area (Å²) in [5, 5.41) is 10.3. The summed E-state index contributed by atoms with van der Waals surface area (Å²) in [5.74, 6) is 0.783. The van der Waals surface area contributed by atoms with E-state index >= 15 is 0 Å². The first-order chi connectivity index (χ1) is 8.85. The third-order valence-electron chi connectivity index (χ3n) is 3.76. The van der Waals surface area contributed by atoms with Crippen LogP contribution in [0.2, 0.25) is 0 Å². The van der Waals surface area contributed by atoms with Gasteiger partial charge in [-0.1, -0.05) is 0 Å². The van der Waals surface area contributed by atoms with Gasteiger partial charge < -0.3 is 5.11 Å². The topological polar surface area (TPSA) is 39.6 Å². The number of aromatic nitrogens is 1. The lowest BCUT2D eigenvalue weighted by atomic mass is 10.3. The quantitative estimate of drug-likeness (QED) is 0.868. The minimum absolute atomic E-state index is 0.277. The molecule has 1 N–H and O–H groups in total. The van der Waals surface area contributed by atoms with Crippen LogP contribution in [0.15, 0.2) is 6.20 Å². The zero-order valence-corrected chi connectivity index (χ0v) is 11.5. The fourth-order valence-electron chi connectivity index (χ4n) is 2.45. The van der Waals surface area contributed by atoms with E-state index < -0.39 is 0 Å². The van der Waals surface area contributed by atoms with E-state index in [9.17, 15) is 0 Å². The van der Waals surface area contributed by atoms with Crippen molar-refractivity contribution < 1.29 is 5.11 Å². The van der Waals surface area contributed by atoms with Crippen LogP contribution in [-0.2, 0) is 6.54 Å². The molecule has 4 nitrogen and oxygen atoms in total. The molecule has 0 aromatic carbocycles. The summed E-state index contributed by atoms with van der Waals surface area (Å²) in [6.07, 6.45) is 4.75. The van der Waals surface area contributed by atoms with Gasteiger partial charge in [-0.15, -0.1) is 11.3 Å². The third-order valence-corrected chi connectivity index (χ3v) is 4.90. The average molecular weight is 267 g/mol. The second kappa shape index (κ2) is 5.65. The van der Waals surface area contributed by atoms with Gasteiger partial charge in [0.1, 0.15) is 0 Å². The Morgan fingerprint density at radius 3 is 2.61 bits per heavy atom. The Morgan fingerprint density at radius 2 is 1.94 bits per heavy atom. The molecule has 0 atom stereocenters. The van der Waals surface area contributed by atoms with Crippen molar-refractivity contribution in [3.8, 4) is 0 Å². The fraction of sp³-hybridized carbons (Fsp3) is 0.769. The molecule has 18 heavy (non-hydrogen) atoms. The SMILES string of the molecule is OCCN1CCN(Cc2cnc(C3CC3)s2)CC1. The maximum atomic E-state index is 8.92. The zero-order chi connectivity index (χ0) is 12.4. The zero-order valence-electron chi connectivity index (χ0n) is 10.7. The predicted octanol–water partition coefficient (Wildman–Crippen LogP) is 1.13. The van der Waals surface area contributed by atoms with Crippen molar-refractivity contribution in [2.24, 2.45) is 0 Å². The monoisotopic (exact) mass is 267 g/mol. The lowest BCUT2D eigenvalue weighted by Crippen LogP contribution is -2.46. The summed E-state index contributed by atoms with van der Waals surface area (Å²) < 4.78 is 0. The largest absolute Gasteiger partial charge is 0.395 e. The smallest absolute Gasteiger partial charge is 0.0959 e. The summed E-state index contributed by atoms with van der Waals surface area (Å²) in [7, 11) is 0. The van der Waals surface area contributed by atoms with Crippen molar-refractivity contribution in [3.63, 3.8) is 0 Å². The van der Waals surface area contributed by atoms with E-state index in [1.54, 1.807) is 0 Å². The number of hydrogen-bond donors (Lipinski definition) is 1. The summed E-state index contributed by atoms with van der Waals surface area (Å²) in [4.78, 5) is 10.8. The van der Waals surface area contributed by atoms with Crippen LogP contribution in [0.25, 0.3) is 0 Å². The summed E-state index contributed by atoms with van der Waals surface area (Å²) >= 11 is 1.90. The second-order valence-electron chi connectivity index (χ2n) is 5.28. The summed E-state index contributed by atoms with van der Waals surface area (Å²) in [6, 6.07) is 0. The molecular weight excluding hydrogens is 246 g/mol. The standard InChI is InChI=1S/C13H21N3OS/c17-8-7-15-3-5-16(6-4-15)10-12-9-14-13(18-12)11-1-2-11/h9,11,17H,1-8,10H2. The highest BCUT2D eigenvalue weighted by molar-refractivity contribution is 7.11. The van der Waals surface area contributed by atoms with Crippen molar-refractivity contribution in [3.05, 3.63) is 16.1 Å². The summed E-state index contributed by atoms with van der Waals surface area (Å²) in [5.41, 5.74) is 0. The van der Waals surface area contributed by atoms with Gasteiger partial charge in [-0.25, -0.2) is 4.98 Å². The molecule has 3 rings (SSSR count). The molecular formula is C13H21N3OS. The lowest BCUT2D eigenvalue weighted by Gasteiger charge is -2.33. The molecule has 1 aromatic heterocycles. The molecule has 0 spiro atoms. The number of rotatable bonds is 5. The molecule has 2 aliphatic rings. The Kier molecular flexibility index (Phi) is 3.94. The Morgan fingerprint density at radius 1 is 1.22 bits per heavy atom. The number of piperazine rings is 1.